The molecule has 0 unspecified atom stereocenters. The van der Waals surface area contributed by atoms with Crippen LogP contribution < -0.4 is 10.2 Å². The number of anilines is 2. The minimum Gasteiger partial charge on any atom is -0.381 e. The molecule has 0 atom stereocenters. The molecule has 4 heterocycles. The minimum atomic E-state index is 0.0212. The van der Waals surface area contributed by atoms with E-state index in [0.717, 1.165) is 31.2 Å². The van der Waals surface area contributed by atoms with Gasteiger partial charge >= 0.3 is 0 Å². The smallest absolute Gasteiger partial charge is 0.247 e. The number of hydrogen-bond donors (Lipinski definition) is 2. The third kappa shape index (κ3) is 3.39. The van der Waals surface area contributed by atoms with E-state index in [0.29, 0.717) is 28.8 Å². The van der Waals surface area contributed by atoms with Crippen LogP contribution in [0.3, 0.4) is 0 Å². The average Bonchev–Trinajstić information content (AvgIpc) is 3.34. The summed E-state index contributed by atoms with van der Waals surface area (Å²) >= 11 is 0. The van der Waals surface area contributed by atoms with Gasteiger partial charge in [0.2, 0.25) is 5.91 Å². The molecule has 1 aliphatic carbocycles. The molecular formula is C20H22N8O2. The molecule has 5 rings (SSSR count). The second kappa shape index (κ2) is 7.79. The first-order valence-electron chi connectivity index (χ1n) is 10.0. The fourth-order valence-electron chi connectivity index (χ4n) is 4.10. The van der Waals surface area contributed by atoms with Crippen molar-refractivity contribution in [1.29, 1.82) is 0 Å². The normalized spacial score (nSPS) is 21.2. The minimum absolute atomic E-state index is 0.0212. The predicted octanol–water partition coefficient (Wildman–Crippen LogP) is 2.04. The number of carbonyl (C=O) groups is 1. The van der Waals surface area contributed by atoms with Gasteiger partial charge in [-0.25, -0.2) is 15.0 Å². The highest BCUT2D eigenvalue weighted by atomic mass is 16.5. The summed E-state index contributed by atoms with van der Waals surface area (Å²) < 4.78 is 5.47. The van der Waals surface area contributed by atoms with Crippen molar-refractivity contribution in [3.8, 4) is 22.8 Å². The Morgan fingerprint density at radius 2 is 1.93 bits per heavy atom. The second-order valence-electron chi connectivity index (χ2n) is 7.47. The fourth-order valence-corrected chi connectivity index (χ4v) is 4.10. The first-order valence-corrected chi connectivity index (χ1v) is 10.0. The maximum Gasteiger partial charge on any atom is 0.247 e. The lowest BCUT2D eigenvalue weighted by Gasteiger charge is -2.38. The molecule has 0 radical (unpaired) electrons. The van der Waals surface area contributed by atoms with Crippen molar-refractivity contribution < 1.29 is 9.53 Å². The number of amides is 1. The zero-order valence-electron chi connectivity index (χ0n) is 16.6. The summed E-state index contributed by atoms with van der Waals surface area (Å²) in [6.45, 7) is 0.234. The van der Waals surface area contributed by atoms with Crippen molar-refractivity contribution in [3.63, 3.8) is 0 Å². The molecule has 1 amide bonds. The Kier molecular flexibility index (Phi) is 4.83. The van der Waals surface area contributed by atoms with Crippen molar-refractivity contribution in [2.45, 2.75) is 37.8 Å². The van der Waals surface area contributed by atoms with Crippen molar-refractivity contribution in [2.75, 3.05) is 23.9 Å². The van der Waals surface area contributed by atoms with Crippen LogP contribution in [0.2, 0.25) is 0 Å². The number of aromatic nitrogens is 6. The van der Waals surface area contributed by atoms with Crippen LogP contribution in [0.1, 0.15) is 25.7 Å². The van der Waals surface area contributed by atoms with Crippen LogP contribution in [0.4, 0.5) is 11.6 Å². The number of nitrogens with zero attached hydrogens (tertiary/aromatic N) is 6. The number of aromatic amines is 1. The van der Waals surface area contributed by atoms with Crippen LogP contribution in [0.25, 0.3) is 22.8 Å². The van der Waals surface area contributed by atoms with Crippen LogP contribution in [0.5, 0.6) is 0 Å². The number of rotatable bonds is 4. The molecule has 3 aromatic rings. The lowest BCUT2D eigenvalue weighted by molar-refractivity contribution is -0.118. The van der Waals surface area contributed by atoms with Gasteiger partial charge in [0.25, 0.3) is 0 Å². The summed E-state index contributed by atoms with van der Waals surface area (Å²) in [7, 11) is 1.75. The van der Waals surface area contributed by atoms with Gasteiger partial charge in [0.05, 0.1) is 24.5 Å². The predicted molar refractivity (Wildman–Crippen MR) is 110 cm³/mol. The van der Waals surface area contributed by atoms with Crippen LogP contribution in [-0.4, -0.2) is 61.8 Å². The van der Waals surface area contributed by atoms with E-state index in [1.807, 2.05) is 17.0 Å². The molecule has 10 heteroatoms. The van der Waals surface area contributed by atoms with Gasteiger partial charge in [-0.3, -0.25) is 19.8 Å². The molecule has 0 spiro atoms. The molecule has 154 valence electrons. The SMILES string of the molecule is CO[C@H]1CC[C@@H](N2C(=O)CNc3ncc(-c4ccc(-c5nc[nH]n5)nc4)nc32)CC1. The average molecular weight is 406 g/mol. The highest BCUT2D eigenvalue weighted by molar-refractivity contribution is 6.01. The van der Waals surface area contributed by atoms with Crippen molar-refractivity contribution in [2.24, 2.45) is 0 Å². The van der Waals surface area contributed by atoms with Crippen LogP contribution in [-0.2, 0) is 9.53 Å². The molecule has 0 bridgehead atoms. The molecule has 1 fully saturated rings. The third-order valence-electron chi connectivity index (χ3n) is 5.70. The Labute approximate surface area is 173 Å². The number of ether oxygens (including phenoxy) is 1. The van der Waals surface area contributed by atoms with Gasteiger partial charge in [-0.05, 0) is 37.8 Å². The quantitative estimate of drug-likeness (QED) is 0.675. The Balaban J connectivity index is 1.44. The molecule has 2 aliphatic rings. The van der Waals surface area contributed by atoms with E-state index in [1.165, 1.54) is 6.33 Å². The Bertz CT molecular complexity index is 1030. The summed E-state index contributed by atoms with van der Waals surface area (Å²) in [5.41, 5.74) is 2.14. The van der Waals surface area contributed by atoms with Gasteiger partial charge in [-0.1, -0.05) is 0 Å². The van der Waals surface area contributed by atoms with Gasteiger partial charge in [-0.2, -0.15) is 5.10 Å². The van der Waals surface area contributed by atoms with E-state index < -0.39 is 0 Å². The van der Waals surface area contributed by atoms with E-state index in [1.54, 1.807) is 19.5 Å². The zero-order valence-corrected chi connectivity index (χ0v) is 16.6. The number of pyridine rings is 1. The first kappa shape index (κ1) is 18.6. The van der Waals surface area contributed by atoms with Crippen LogP contribution >= 0.6 is 0 Å². The number of methoxy groups -OCH3 is 1. The topological polar surface area (TPSA) is 122 Å². The maximum atomic E-state index is 12.8. The summed E-state index contributed by atoms with van der Waals surface area (Å²) in [6.07, 6.45) is 8.86. The Morgan fingerprint density at radius 3 is 2.63 bits per heavy atom. The maximum absolute atomic E-state index is 12.8. The van der Waals surface area contributed by atoms with Crippen molar-refractivity contribution >= 4 is 17.5 Å². The highest BCUT2D eigenvalue weighted by Crippen LogP contribution is 2.34. The standard InChI is InChI=1S/C20H22N8O2/c1-30-14-5-3-13(4-6-14)28-17(29)10-23-19-20(28)26-16(9-22-19)12-2-7-15(21-8-12)18-24-11-25-27-18/h2,7-9,11,13-14H,3-6,10H2,1H3,(H,22,23)(H,24,25,27)/t13-,14+. The molecule has 3 aromatic heterocycles. The lowest BCUT2D eigenvalue weighted by Crippen LogP contribution is -2.49. The van der Waals surface area contributed by atoms with Gasteiger partial charge in [-0.15, -0.1) is 0 Å². The van der Waals surface area contributed by atoms with Gasteiger partial charge in [0.15, 0.2) is 17.5 Å². The van der Waals surface area contributed by atoms with Crippen molar-refractivity contribution in [3.05, 3.63) is 30.9 Å². The number of hydrogen-bond acceptors (Lipinski definition) is 8. The van der Waals surface area contributed by atoms with Gasteiger partial charge in [0.1, 0.15) is 12.0 Å². The molecule has 1 saturated carbocycles. The zero-order chi connectivity index (χ0) is 20.5. The Morgan fingerprint density at radius 1 is 1.07 bits per heavy atom. The van der Waals surface area contributed by atoms with E-state index in [-0.39, 0.29) is 24.6 Å². The molecule has 1 aliphatic heterocycles. The number of nitrogens with one attached hydrogen (secondary N) is 2. The first-order chi connectivity index (χ1) is 14.7. The van der Waals surface area contributed by atoms with E-state index in [4.69, 9.17) is 9.72 Å². The molecule has 0 saturated heterocycles. The largest absolute Gasteiger partial charge is 0.381 e. The molecular weight excluding hydrogens is 384 g/mol. The van der Waals surface area contributed by atoms with Gasteiger partial charge < -0.3 is 10.1 Å². The summed E-state index contributed by atoms with van der Waals surface area (Å²) in [6, 6.07) is 3.86. The van der Waals surface area contributed by atoms with E-state index in [9.17, 15) is 4.79 Å². The molecule has 10 nitrogen and oxygen atoms in total. The molecule has 0 aromatic carbocycles. The summed E-state index contributed by atoms with van der Waals surface area (Å²) in [5, 5.41) is 9.80. The second-order valence-corrected chi connectivity index (χ2v) is 7.47. The van der Waals surface area contributed by atoms with Crippen LogP contribution in [0.15, 0.2) is 30.9 Å². The van der Waals surface area contributed by atoms with E-state index in [2.05, 4.69) is 30.5 Å². The molecule has 2 N–H and O–H groups in total. The third-order valence-corrected chi connectivity index (χ3v) is 5.70. The monoisotopic (exact) mass is 406 g/mol. The highest BCUT2D eigenvalue weighted by Gasteiger charge is 2.35. The summed E-state index contributed by atoms with van der Waals surface area (Å²) in [5.74, 6) is 1.78. The summed E-state index contributed by atoms with van der Waals surface area (Å²) in [4.78, 5) is 32.4. The number of H-pyrrole nitrogens is 1. The number of carbonyl (C=O) groups excluding carboxylic acids is 1. The van der Waals surface area contributed by atoms with E-state index >= 15 is 0 Å². The lowest BCUT2D eigenvalue weighted by atomic mass is 9.91. The fraction of sp³-hybridized carbons (Fsp3) is 0.400. The molecule has 30 heavy (non-hydrogen) atoms. The Hall–Kier alpha value is -3.40. The van der Waals surface area contributed by atoms with Crippen LogP contribution in [0, 0.1) is 0 Å². The number of fused-ring (bicyclic) bond motifs is 1. The van der Waals surface area contributed by atoms with Gasteiger partial charge in [0, 0.05) is 24.9 Å². The van der Waals surface area contributed by atoms with Crippen molar-refractivity contribution in [1.82, 2.24) is 30.1 Å².